The Morgan fingerprint density at radius 1 is 1.47 bits per heavy atom. The summed E-state index contributed by atoms with van der Waals surface area (Å²) in [5, 5.41) is 16.0. The van der Waals surface area contributed by atoms with E-state index in [0.717, 1.165) is 17.8 Å². The third-order valence-electron chi connectivity index (χ3n) is 1.69. The second kappa shape index (κ2) is 5.86. The lowest BCUT2D eigenvalue weighted by molar-refractivity contribution is 0.626. The second-order valence-corrected chi connectivity index (χ2v) is 4.05. The zero-order valence-corrected chi connectivity index (χ0v) is 9.59. The summed E-state index contributed by atoms with van der Waals surface area (Å²) in [4.78, 5) is 3.52. The molecule has 0 aliphatic heterocycles. The van der Waals surface area contributed by atoms with Gasteiger partial charge in [-0.2, -0.15) is 10.3 Å². The van der Waals surface area contributed by atoms with Gasteiger partial charge in [0, 0.05) is 5.75 Å². The molecule has 0 aliphatic carbocycles. The average Bonchev–Trinajstić information content (AvgIpc) is 2.24. The van der Waals surface area contributed by atoms with Gasteiger partial charge in [0.25, 0.3) is 0 Å². The number of guanidine groups is 1. The second-order valence-electron chi connectivity index (χ2n) is 3.09. The standard InChI is InChI=1S/C10H10FN5S/c11-8-2-6(4-12)1-7(3-8)5-17-10(15)16-9(13)14/h1-3H,5H2,(H5,13,14,15,16). The zero-order chi connectivity index (χ0) is 12.8. The van der Waals surface area contributed by atoms with Crippen molar-refractivity contribution in [1.29, 1.82) is 10.7 Å². The molecule has 17 heavy (non-hydrogen) atoms. The van der Waals surface area contributed by atoms with Gasteiger partial charge >= 0.3 is 0 Å². The van der Waals surface area contributed by atoms with E-state index in [2.05, 4.69) is 4.99 Å². The topological polar surface area (TPSA) is 112 Å². The number of halogens is 1. The van der Waals surface area contributed by atoms with Crippen LogP contribution >= 0.6 is 11.8 Å². The highest BCUT2D eigenvalue weighted by Gasteiger charge is 2.03. The van der Waals surface area contributed by atoms with Gasteiger partial charge in [-0.05, 0) is 23.8 Å². The molecule has 0 aromatic heterocycles. The molecule has 0 fully saturated rings. The lowest BCUT2D eigenvalue weighted by Gasteiger charge is -2.01. The normalized spacial score (nSPS) is 9.41. The van der Waals surface area contributed by atoms with Gasteiger partial charge in [0.2, 0.25) is 0 Å². The van der Waals surface area contributed by atoms with E-state index in [9.17, 15) is 4.39 Å². The third kappa shape index (κ3) is 4.53. The predicted octanol–water partition coefficient (Wildman–Crippen LogP) is 1.14. The van der Waals surface area contributed by atoms with Crippen LogP contribution in [0.4, 0.5) is 4.39 Å². The van der Waals surface area contributed by atoms with Gasteiger partial charge < -0.3 is 11.5 Å². The first-order valence-electron chi connectivity index (χ1n) is 4.52. The van der Waals surface area contributed by atoms with Crippen LogP contribution in [0.25, 0.3) is 0 Å². The van der Waals surface area contributed by atoms with Gasteiger partial charge in [-0.1, -0.05) is 11.8 Å². The highest BCUT2D eigenvalue weighted by Crippen LogP contribution is 2.16. The summed E-state index contributed by atoms with van der Waals surface area (Å²) in [5.41, 5.74) is 11.0. The van der Waals surface area contributed by atoms with Crippen LogP contribution in [0, 0.1) is 22.6 Å². The summed E-state index contributed by atoms with van der Waals surface area (Å²) in [5.74, 6) is -0.352. The van der Waals surface area contributed by atoms with Crippen LogP contribution in [0.5, 0.6) is 0 Å². The number of hydrogen-bond acceptors (Lipinski definition) is 3. The number of nitrogens with one attached hydrogen (secondary N) is 1. The highest BCUT2D eigenvalue weighted by atomic mass is 32.2. The van der Waals surface area contributed by atoms with Crippen LogP contribution in [0.1, 0.15) is 11.1 Å². The Labute approximate surface area is 102 Å². The van der Waals surface area contributed by atoms with Gasteiger partial charge in [-0.15, -0.1) is 0 Å². The van der Waals surface area contributed by atoms with E-state index in [1.165, 1.54) is 6.07 Å². The molecule has 7 heteroatoms. The number of rotatable bonds is 2. The predicted molar refractivity (Wildman–Crippen MR) is 65.9 cm³/mol. The van der Waals surface area contributed by atoms with Crippen LogP contribution < -0.4 is 11.5 Å². The molecule has 0 amide bonds. The quantitative estimate of drug-likeness (QED) is 0.540. The van der Waals surface area contributed by atoms with E-state index in [1.807, 2.05) is 6.07 Å². The number of benzene rings is 1. The van der Waals surface area contributed by atoms with E-state index in [-0.39, 0.29) is 16.7 Å². The van der Waals surface area contributed by atoms with Crippen LogP contribution in [-0.4, -0.2) is 11.1 Å². The van der Waals surface area contributed by atoms with Crippen LogP contribution in [0.3, 0.4) is 0 Å². The van der Waals surface area contributed by atoms with Crippen molar-refractivity contribution >= 4 is 22.9 Å². The lowest BCUT2D eigenvalue weighted by Crippen LogP contribution is -2.23. The van der Waals surface area contributed by atoms with E-state index in [0.29, 0.717) is 11.3 Å². The monoisotopic (exact) mass is 251 g/mol. The first kappa shape index (κ1) is 13.0. The van der Waals surface area contributed by atoms with Crippen LogP contribution in [0.15, 0.2) is 23.2 Å². The molecule has 5 nitrogen and oxygen atoms in total. The third-order valence-corrected chi connectivity index (χ3v) is 2.54. The first-order chi connectivity index (χ1) is 8.01. The maximum absolute atomic E-state index is 13.1. The molecule has 0 bridgehead atoms. The average molecular weight is 251 g/mol. The minimum absolute atomic E-state index is 0.0623. The number of nitrogens with zero attached hydrogens (tertiary/aromatic N) is 2. The Kier molecular flexibility index (Phi) is 4.48. The molecule has 0 spiro atoms. The van der Waals surface area contributed by atoms with E-state index >= 15 is 0 Å². The van der Waals surface area contributed by atoms with Crippen molar-refractivity contribution in [3.8, 4) is 6.07 Å². The summed E-state index contributed by atoms with van der Waals surface area (Å²) in [7, 11) is 0. The van der Waals surface area contributed by atoms with Gasteiger partial charge in [-0.3, -0.25) is 5.41 Å². The van der Waals surface area contributed by atoms with E-state index in [1.54, 1.807) is 6.07 Å². The smallest absolute Gasteiger partial charge is 0.193 e. The molecule has 0 saturated heterocycles. The number of nitriles is 1. The van der Waals surface area contributed by atoms with Crippen molar-refractivity contribution in [2.75, 3.05) is 0 Å². The van der Waals surface area contributed by atoms with Crippen molar-refractivity contribution in [2.45, 2.75) is 5.75 Å². The summed E-state index contributed by atoms with van der Waals surface area (Å²) < 4.78 is 13.1. The number of nitrogens with two attached hydrogens (primary N) is 2. The Morgan fingerprint density at radius 3 is 2.76 bits per heavy atom. The number of amidine groups is 1. The Balaban J connectivity index is 2.70. The molecule has 0 atom stereocenters. The van der Waals surface area contributed by atoms with Crippen molar-refractivity contribution in [1.82, 2.24) is 0 Å². The molecule has 1 rings (SSSR count). The van der Waals surface area contributed by atoms with Gasteiger partial charge in [0.05, 0.1) is 11.6 Å². The largest absolute Gasteiger partial charge is 0.370 e. The number of hydrogen-bond donors (Lipinski definition) is 3. The summed E-state index contributed by atoms with van der Waals surface area (Å²) in [6.07, 6.45) is 0. The summed E-state index contributed by atoms with van der Waals surface area (Å²) in [6, 6.07) is 5.86. The van der Waals surface area contributed by atoms with Crippen molar-refractivity contribution in [3.63, 3.8) is 0 Å². The maximum atomic E-state index is 13.1. The Hall–Kier alpha value is -2.07. The minimum atomic E-state index is -0.479. The SMILES string of the molecule is N#Cc1cc(F)cc(CSC(=N)N=C(N)N)c1. The molecular weight excluding hydrogens is 241 g/mol. The fourth-order valence-electron chi connectivity index (χ4n) is 1.10. The molecule has 0 saturated carbocycles. The Morgan fingerprint density at radius 2 is 2.18 bits per heavy atom. The van der Waals surface area contributed by atoms with E-state index in [4.69, 9.17) is 22.1 Å². The van der Waals surface area contributed by atoms with Gasteiger partial charge in [0.15, 0.2) is 11.1 Å². The van der Waals surface area contributed by atoms with Gasteiger partial charge in [0.1, 0.15) is 5.82 Å². The highest BCUT2D eigenvalue weighted by molar-refractivity contribution is 8.13. The molecule has 0 unspecified atom stereocenters. The van der Waals surface area contributed by atoms with Crippen molar-refractivity contribution < 1.29 is 4.39 Å². The number of thioether (sulfide) groups is 1. The molecule has 0 aliphatic rings. The Bertz CT molecular complexity index is 502. The molecule has 1 aromatic rings. The lowest BCUT2D eigenvalue weighted by atomic mass is 10.1. The first-order valence-corrected chi connectivity index (χ1v) is 5.50. The summed E-state index contributed by atoms with van der Waals surface area (Å²) in [6.45, 7) is 0. The van der Waals surface area contributed by atoms with Crippen molar-refractivity contribution in [2.24, 2.45) is 16.5 Å². The zero-order valence-electron chi connectivity index (χ0n) is 8.77. The minimum Gasteiger partial charge on any atom is -0.370 e. The van der Waals surface area contributed by atoms with Gasteiger partial charge in [-0.25, -0.2) is 4.39 Å². The molecule has 1 aromatic carbocycles. The molecule has 5 N–H and O–H groups in total. The fourth-order valence-corrected chi connectivity index (χ4v) is 1.74. The van der Waals surface area contributed by atoms with E-state index < -0.39 is 5.82 Å². The molecular formula is C10H10FN5S. The fraction of sp³-hybridized carbons (Fsp3) is 0.100. The van der Waals surface area contributed by atoms with Crippen molar-refractivity contribution in [3.05, 3.63) is 35.1 Å². The van der Waals surface area contributed by atoms with Crippen LogP contribution in [0.2, 0.25) is 0 Å². The van der Waals surface area contributed by atoms with Crippen LogP contribution in [-0.2, 0) is 5.75 Å². The molecule has 0 heterocycles. The summed E-state index contributed by atoms with van der Waals surface area (Å²) >= 11 is 1.05. The molecule has 0 radical (unpaired) electrons. The molecule has 88 valence electrons. The number of aliphatic imine (C=N–C) groups is 1. The maximum Gasteiger partial charge on any atom is 0.193 e.